The molecule has 2 aromatic carbocycles. The van der Waals surface area contributed by atoms with E-state index in [2.05, 4.69) is 0 Å². The van der Waals surface area contributed by atoms with Crippen LogP contribution in [0.1, 0.15) is 42.1 Å². The number of methoxy groups -OCH3 is 2. The summed E-state index contributed by atoms with van der Waals surface area (Å²) < 4.78 is 27.4. The lowest BCUT2D eigenvalue weighted by Crippen LogP contribution is -2.13. The van der Waals surface area contributed by atoms with Gasteiger partial charge in [0, 0.05) is 17.5 Å². The largest absolute Gasteiger partial charge is 0.493 e. The SMILES string of the molecule is CCCCC(=O)OCCOc1c(-c2cccc3c2COC3=O)ccc(OC)c1OC. The molecular weight excluding hydrogens is 388 g/mol. The average Bonchev–Trinajstić information content (AvgIpc) is 3.15. The van der Waals surface area contributed by atoms with Gasteiger partial charge >= 0.3 is 11.9 Å². The second-order valence-corrected chi connectivity index (χ2v) is 6.76. The van der Waals surface area contributed by atoms with Crippen LogP contribution < -0.4 is 14.2 Å². The van der Waals surface area contributed by atoms with Crippen molar-refractivity contribution in [2.45, 2.75) is 32.8 Å². The smallest absolute Gasteiger partial charge is 0.338 e. The highest BCUT2D eigenvalue weighted by molar-refractivity contribution is 5.96. The Labute approximate surface area is 175 Å². The molecule has 0 atom stereocenters. The highest BCUT2D eigenvalue weighted by Crippen LogP contribution is 2.46. The Balaban J connectivity index is 1.88. The zero-order chi connectivity index (χ0) is 21.5. The highest BCUT2D eigenvalue weighted by Gasteiger charge is 2.27. The van der Waals surface area contributed by atoms with Gasteiger partial charge in [-0.15, -0.1) is 0 Å². The van der Waals surface area contributed by atoms with Crippen LogP contribution in [-0.2, 0) is 20.9 Å². The zero-order valence-electron chi connectivity index (χ0n) is 17.5. The second-order valence-electron chi connectivity index (χ2n) is 6.76. The number of unbranched alkanes of at least 4 members (excludes halogenated alkanes) is 1. The predicted octanol–water partition coefficient (Wildman–Crippen LogP) is 4.15. The quantitative estimate of drug-likeness (QED) is 0.427. The topological polar surface area (TPSA) is 80.3 Å². The fraction of sp³-hybridized carbons (Fsp3) is 0.391. The summed E-state index contributed by atoms with van der Waals surface area (Å²) >= 11 is 0. The van der Waals surface area contributed by atoms with Crippen molar-refractivity contribution in [2.75, 3.05) is 27.4 Å². The van der Waals surface area contributed by atoms with Crippen LogP contribution in [-0.4, -0.2) is 39.4 Å². The Bertz CT molecular complexity index is 920. The number of cyclic esters (lactones) is 1. The molecule has 0 saturated heterocycles. The summed E-state index contributed by atoms with van der Waals surface area (Å²) in [5.41, 5.74) is 2.89. The molecule has 0 spiro atoms. The van der Waals surface area contributed by atoms with E-state index >= 15 is 0 Å². The summed E-state index contributed by atoms with van der Waals surface area (Å²) in [5, 5.41) is 0. The van der Waals surface area contributed by atoms with Crippen molar-refractivity contribution in [3.63, 3.8) is 0 Å². The molecule has 1 aliphatic heterocycles. The summed E-state index contributed by atoms with van der Waals surface area (Å²) in [4.78, 5) is 23.7. The van der Waals surface area contributed by atoms with Crippen LogP contribution >= 0.6 is 0 Å². The van der Waals surface area contributed by atoms with Crippen molar-refractivity contribution < 1.29 is 33.3 Å². The predicted molar refractivity (Wildman–Crippen MR) is 110 cm³/mol. The Hall–Kier alpha value is -3.22. The number of hydrogen-bond acceptors (Lipinski definition) is 7. The molecule has 0 amide bonds. The third-order valence-corrected chi connectivity index (χ3v) is 4.86. The number of ether oxygens (including phenoxy) is 5. The number of benzene rings is 2. The molecule has 3 rings (SSSR count). The first kappa shape index (κ1) is 21.5. The molecule has 0 N–H and O–H groups in total. The van der Waals surface area contributed by atoms with Crippen LogP contribution in [0.15, 0.2) is 30.3 Å². The molecule has 30 heavy (non-hydrogen) atoms. The van der Waals surface area contributed by atoms with Crippen molar-refractivity contribution in [1.29, 1.82) is 0 Å². The minimum absolute atomic E-state index is 0.122. The normalized spacial score (nSPS) is 12.2. The first-order valence-corrected chi connectivity index (χ1v) is 9.93. The zero-order valence-corrected chi connectivity index (χ0v) is 17.5. The monoisotopic (exact) mass is 414 g/mol. The van der Waals surface area contributed by atoms with Crippen LogP contribution in [0.2, 0.25) is 0 Å². The van der Waals surface area contributed by atoms with Crippen LogP contribution in [0.5, 0.6) is 17.2 Å². The van der Waals surface area contributed by atoms with E-state index in [9.17, 15) is 9.59 Å². The molecule has 160 valence electrons. The van der Waals surface area contributed by atoms with Crippen molar-refractivity contribution in [2.24, 2.45) is 0 Å². The molecule has 0 aliphatic carbocycles. The van der Waals surface area contributed by atoms with Crippen LogP contribution in [0.4, 0.5) is 0 Å². The molecule has 0 radical (unpaired) electrons. The van der Waals surface area contributed by atoms with Crippen LogP contribution in [0.25, 0.3) is 11.1 Å². The summed E-state index contributed by atoms with van der Waals surface area (Å²) in [6.07, 6.45) is 2.13. The minimum Gasteiger partial charge on any atom is -0.493 e. The number of carbonyl (C=O) groups excluding carboxylic acids is 2. The van der Waals surface area contributed by atoms with Gasteiger partial charge in [-0.1, -0.05) is 25.5 Å². The van der Waals surface area contributed by atoms with Crippen molar-refractivity contribution >= 4 is 11.9 Å². The van der Waals surface area contributed by atoms with Gasteiger partial charge in [0.2, 0.25) is 5.75 Å². The highest BCUT2D eigenvalue weighted by atomic mass is 16.6. The molecule has 1 aliphatic rings. The molecule has 7 nitrogen and oxygen atoms in total. The number of rotatable bonds is 10. The van der Waals surface area contributed by atoms with E-state index in [4.69, 9.17) is 23.7 Å². The van der Waals surface area contributed by atoms with Gasteiger partial charge in [0.25, 0.3) is 0 Å². The van der Waals surface area contributed by atoms with Gasteiger partial charge < -0.3 is 23.7 Å². The van der Waals surface area contributed by atoms with Gasteiger partial charge in [0.05, 0.1) is 19.8 Å². The molecule has 0 aromatic heterocycles. The first-order valence-electron chi connectivity index (χ1n) is 9.93. The third-order valence-electron chi connectivity index (χ3n) is 4.86. The molecule has 0 saturated carbocycles. The molecule has 0 fully saturated rings. The maximum atomic E-state index is 12.0. The molecule has 1 heterocycles. The summed E-state index contributed by atoms with van der Waals surface area (Å²) in [6, 6.07) is 9.08. The lowest BCUT2D eigenvalue weighted by atomic mass is 9.95. The minimum atomic E-state index is -0.339. The Morgan fingerprint density at radius 1 is 1.00 bits per heavy atom. The van der Waals surface area contributed by atoms with E-state index in [0.717, 1.165) is 29.5 Å². The molecular formula is C23H26O7. The molecule has 2 aromatic rings. The van der Waals surface area contributed by atoms with Gasteiger partial charge in [0.1, 0.15) is 19.8 Å². The summed E-state index contributed by atoms with van der Waals surface area (Å²) in [6.45, 7) is 2.49. The lowest BCUT2D eigenvalue weighted by molar-refractivity contribution is -0.144. The number of fused-ring (bicyclic) bond motifs is 1. The van der Waals surface area contributed by atoms with Gasteiger partial charge in [-0.3, -0.25) is 4.79 Å². The van der Waals surface area contributed by atoms with Crippen LogP contribution in [0, 0.1) is 0 Å². The van der Waals surface area contributed by atoms with E-state index < -0.39 is 0 Å². The van der Waals surface area contributed by atoms with Gasteiger partial charge in [-0.25, -0.2) is 4.79 Å². The maximum absolute atomic E-state index is 12.0. The number of esters is 2. The fourth-order valence-corrected chi connectivity index (χ4v) is 3.35. The van der Waals surface area contributed by atoms with Crippen LogP contribution in [0.3, 0.4) is 0 Å². The van der Waals surface area contributed by atoms with Crippen molar-refractivity contribution in [3.8, 4) is 28.4 Å². The number of carbonyl (C=O) groups is 2. The number of hydrogen-bond donors (Lipinski definition) is 0. The van der Waals surface area contributed by atoms with Gasteiger partial charge in [-0.05, 0) is 30.2 Å². The Kier molecular flexibility index (Phi) is 7.17. The van der Waals surface area contributed by atoms with Crippen molar-refractivity contribution in [1.82, 2.24) is 0 Å². The lowest BCUT2D eigenvalue weighted by Gasteiger charge is -2.19. The molecule has 0 unspecified atom stereocenters. The third kappa shape index (κ3) is 4.50. The van der Waals surface area contributed by atoms with E-state index in [1.807, 2.05) is 19.1 Å². The first-order chi connectivity index (χ1) is 14.6. The summed E-state index contributed by atoms with van der Waals surface area (Å²) in [5.74, 6) is 0.809. The van der Waals surface area contributed by atoms with Gasteiger partial charge in [-0.2, -0.15) is 0 Å². The average molecular weight is 414 g/mol. The summed E-state index contributed by atoms with van der Waals surface area (Å²) in [7, 11) is 3.07. The molecule has 7 heteroatoms. The fourth-order valence-electron chi connectivity index (χ4n) is 3.35. The maximum Gasteiger partial charge on any atom is 0.338 e. The van der Waals surface area contributed by atoms with E-state index in [-0.39, 0.29) is 31.8 Å². The standard InChI is InChI=1S/C23H26O7/c1-4-5-9-20(24)28-12-13-29-21-16(10-11-19(26-2)22(21)27-3)15-7-6-8-17-18(15)14-30-23(17)25/h6-8,10-11H,4-5,9,12-14H2,1-3H3. The Morgan fingerprint density at radius 2 is 1.80 bits per heavy atom. The second kappa shape index (κ2) is 10.0. The Morgan fingerprint density at radius 3 is 2.53 bits per heavy atom. The van der Waals surface area contributed by atoms with E-state index in [0.29, 0.717) is 29.2 Å². The van der Waals surface area contributed by atoms with Gasteiger partial charge in [0.15, 0.2) is 11.5 Å². The molecule has 0 bridgehead atoms. The van der Waals surface area contributed by atoms with Crippen molar-refractivity contribution in [3.05, 3.63) is 41.5 Å². The van der Waals surface area contributed by atoms with E-state index in [1.54, 1.807) is 25.3 Å². The van der Waals surface area contributed by atoms with E-state index in [1.165, 1.54) is 7.11 Å².